The Balaban J connectivity index is 1.74. The predicted octanol–water partition coefficient (Wildman–Crippen LogP) is 3.39. The molecule has 1 aliphatic carbocycles. The third kappa shape index (κ3) is 5.08. The summed E-state index contributed by atoms with van der Waals surface area (Å²) in [6.45, 7) is 0.983. The van der Waals surface area contributed by atoms with Crippen LogP contribution in [0.25, 0.3) is 0 Å². The Bertz CT molecular complexity index is 432. The van der Waals surface area contributed by atoms with Gasteiger partial charge >= 0.3 is 0 Å². The zero-order valence-electron chi connectivity index (χ0n) is 13.9. The molecule has 0 aliphatic heterocycles. The molecule has 0 amide bonds. The van der Waals surface area contributed by atoms with E-state index in [1.165, 1.54) is 36.8 Å². The van der Waals surface area contributed by atoms with E-state index in [9.17, 15) is 5.11 Å². The molecular weight excluding hydrogens is 274 g/mol. The van der Waals surface area contributed by atoms with E-state index in [4.69, 9.17) is 10.5 Å². The Kier molecular flexibility index (Phi) is 6.87. The van der Waals surface area contributed by atoms with Gasteiger partial charge in [0.15, 0.2) is 0 Å². The van der Waals surface area contributed by atoms with Gasteiger partial charge in [-0.1, -0.05) is 37.1 Å². The highest BCUT2D eigenvalue weighted by molar-refractivity contribution is 5.27. The van der Waals surface area contributed by atoms with E-state index in [1.54, 1.807) is 7.11 Å². The maximum absolute atomic E-state index is 9.38. The highest BCUT2D eigenvalue weighted by atomic mass is 16.5. The molecule has 1 aromatic carbocycles. The number of aliphatic hydroxyl groups excluding tert-OH is 1. The summed E-state index contributed by atoms with van der Waals surface area (Å²) in [7, 11) is 1.77. The van der Waals surface area contributed by atoms with Crippen molar-refractivity contribution >= 4 is 0 Å². The number of benzene rings is 1. The lowest BCUT2D eigenvalue weighted by atomic mass is 9.92. The fourth-order valence-electron chi connectivity index (χ4n) is 3.47. The van der Waals surface area contributed by atoms with Crippen molar-refractivity contribution in [2.45, 2.75) is 62.8 Å². The lowest BCUT2D eigenvalue weighted by Crippen LogP contribution is -2.40. The standard InChI is InChI=1S/C19H31NO2/c1-22-13-5-3-2-4-6-16-7-9-17(10-8-16)18-11-12-19(20,14-18)15-21/h7-10,18,21H,2-6,11-15,20H2,1H3/t18-,19+/m0/s1. The average molecular weight is 305 g/mol. The summed E-state index contributed by atoms with van der Waals surface area (Å²) in [5, 5.41) is 9.38. The van der Waals surface area contributed by atoms with Crippen LogP contribution in [0.4, 0.5) is 0 Å². The lowest BCUT2D eigenvalue weighted by Gasteiger charge is -2.21. The van der Waals surface area contributed by atoms with E-state index < -0.39 is 0 Å². The highest BCUT2D eigenvalue weighted by Crippen LogP contribution is 2.39. The molecule has 1 fully saturated rings. The van der Waals surface area contributed by atoms with Crippen LogP contribution in [-0.4, -0.2) is 31.0 Å². The molecule has 0 saturated heterocycles. The molecule has 1 aromatic rings. The van der Waals surface area contributed by atoms with E-state index in [0.717, 1.165) is 32.3 Å². The van der Waals surface area contributed by atoms with E-state index in [-0.39, 0.29) is 12.1 Å². The van der Waals surface area contributed by atoms with Gasteiger partial charge in [0.1, 0.15) is 0 Å². The second-order valence-corrected chi connectivity index (χ2v) is 6.86. The van der Waals surface area contributed by atoms with Gasteiger partial charge in [-0.15, -0.1) is 0 Å². The minimum atomic E-state index is -0.356. The number of rotatable bonds is 9. The third-order valence-corrected chi connectivity index (χ3v) is 4.97. The van der Waals surface area contributed by atoms with Crippen LogP contribution in [0.1, 0.15) is 62.0 Å². The van der Waals surface area contributed by atoms with Crippen LogP contribution in [0, 0.1) is 0 Å². The Morgan fingerprint density at radius 3 is 2.55 bits per heavy atom. The van der Waals surface area contributed by atoms with Gasteiger partial charge in [0.25, 0.3) is 0 Å². The molecule has 2 rings (SSSR count). The summed E-state index contributed by atoms with van der Waals surface area (Å²) in [4.78, 5) is 0. The zero-order valence-corrected chi connectivity index (χ0v) is 13.9. The number of hydrogen-bond donors (Lipinski definition) is 2. The van der Waals surface area contributed by atoms with Crippen LogP contribution in [-0.2, 0) is 11.2 Å². The maximum Gasteiger partial charge on any atom is 0.0611 e. The van der Waals surface area contributed by atoms with Gasteiger partial charge in [-0.25, -0.2) is 0 Å². The highest BCUT2D eigenvalue weighted by Gasteiger charge is 2.35. The molecule has 3 N–H and O–H groups in total. The SMILES string of the molecule is COCCCCCCc1ccc([C@H]2CC[C@](N)(CO)C2)cc1. The molecule has 22 heavy (non-hydrogen) atoms. The van der Waals surface area contributed by atoms with Gasteiger partial charge in [0.2, 0.25) is 0 Å². The van der Waals surface area contributed by atoms with Crippen molar-refractivity contribution in [2.24, 2.45) is 5.73 Å². The van der Waals surface area contributed by atoms with Crippen LogP contribution < -0.4 is 5.73 Å². The van der Waals surface area contributed by atoms with E-state index in [2.05, 4.69) is 24.3 Å². The molecule has 0 bridgehead atoms. The number of unbranched alkanes of at least 4 members (excludes halogenated alkanes) is 3. The molecule has 124 valence electrons. The van der Waals surface area contributed by atoms with Crippen molar-refractivity contribution in [3.8, 4) is 0 Å². The second kappa shape index (κ2) is 8.66. The van der Waals surface area contributed by atoms with E-state index in [0.29, 0.717) is 5.92 Å². The quantitative estimate of drug-likeness (QED) is 0.688. The molecule has 1 aliphatic rings. The van der Waals surface area contributed by atoms with Crippen molar-refractivity contribution in [1.82, 2.24) is 0 Å². The number of hydrogen-bond acceptors (Lipinski definition) is 3. The fraction of sp³-hybridized carbons (Fsp3) is 0.684. The number of ether oxygens (including phenoxy) is 1. The minimum Gasteiger partial charge on any atom is -0.394 e. The Hall–Kier alpha value is -0.900. The molecule has 0 radical (unpaired) electrons. The van der Waals surface area contributed by atoms with Crippen LogP contribution in [0.3, 0.4) is 0 Å². The average Bonchev–Trinajstić information content (AvgIpc) is 2.94. The smallest absolute Gasteiger partial charge is 0.0611 e. The largest absolute Gasteiger partial charge is 0.394 e. The minimum absolute atomic E-state index is 0.102. The first-order chi connectivity index (χ1) is 10.7. The van der Waals surface area contributed by atoms with Gasteiger partial charge in [-0.2, -0.15) is 0 Å². The summed E-state index contributed by atoms with van der Waals surface area (Å²) in [6.07, 6.45) is 9.05. The van der Waals surface area contributed by atoms with Crippen LogP contribution in [0.2, 0.25) is 0 Å². The molecule has 0 aromatic heterocycles. The van der Waals surface area contributed by atoms with Crippen LogP contribution in [0.15, 0.2) is 24.3 Å². The molecule has 1 saturated carbocycles. The number of methoxy groups -OCH3 is 1. The Morgan fingerprint density at radius 1 is 1.18 bits per heavy atom. The first-order valence-corrected chi connectivity index (χ1v) is 8.64. The topological polar surface area (TPSA) is 55.5 Å². The van der Waals surface area contributed by atoms with Gasteiger partial charge in [-0.3, -0.25) is 0 Å². The first kappa shape index (κ1) is 17.5. The molecule has 3 heteroatoms. The lowest BCUT2D eigenvalue weighted by molar-refractivity contribution is 0.192. The van der Waals surface area contributed by atoms with Crippen molar-refractivity contribution in [1.29, 1.82) is 0 Å². The van der Waals surface area contributed by atoms with Crippen molar-refractivity contribution in [3.05, 3.63) is 35.4 Å². The molecule has 0 heterocycles. The third-order valence-electron chi connectivity index (χ3n) is 4.97. The predicted molar refractivity (Wildman–Crippen MR) is 91.1 cm³/mol. The van der Waals surface area contributed by atoms with E-state index >= 15 is 0 Å². The Labute approximate surface area is 134 Å². The normalized spacial score (nSPS) is 24.8. The zero-order chi connectivity index (χ0) is 15.8. The summed E-state index contributed by atoms with van der Waals surface area (Å²) in [5.41, 5.74) is 8.62. The van der Waals surface area contributed by atoms with Gasteiger partial charge in [0, 0.05) is 19.3 Å². The summed E-state index contributed by atoms with van der Waals surface area (Å²) in [6, 6.07) is 9.04. The first-order valence-electron chi connectivity index (χ1n) is 8.64. The second-order valence-electron chi connectivity index (χ2n) is 6.86. The van der Waals surface area contributed by atoms with Gasteiger partial charge < -0.3 is 15.6 Å². The van der Waals surface area contributed by atoms with E-state index in [1.807, 2.05) is 0 Å². The number of aryl methyl sites for hydroxylation is 1. The van der Waals surface area contributed by atoms with Crippen molar-refractivity contribution < 1.29 is 9.84 Å². The van der Waals surface area contributed by atoms with Gasteiger partial charge in [-0.05, 0) is 55.6 Å². The monoisotopic (exact) mass is 305 g/mol. The summed E-state index contributed by atoms with van der Waals surface area (Å²) >= 11 is 0. The fourth-order valence-corrected chi connectivity index (χ4v) is 3.47. The molecule has 3 nitrogen and oxygen atoms in total. The maximum atomic E-state index is 9.38. The van der Waals surface area contributed by atoms with Crippen molar-refractivity contribution in [2.75, 3.05) is 20.3 Å². The molecular formula is C19H31NO2. The molecule has 2 atom stereocenters. The molecule has 0 spiro atoms. The van der Waals surface area contributed by atoms with Crippen LogP contribution in [0.5, 0.6) is 0 Å². The summed E-state index contributed by atoms with van der Waals surface area (Å²) in [5.74, 6) is 0.514. The van der Waals surface area contributed by atoms with Crippen molar-refractivity contribution in [3.63, 3.8) is 0 Å². The number of aliphatic hydroxyl groups is 1. The molecule has 0 unspecified atom stereocenters. The van der Waals surface area contributed by atoms with Crippen LogP contribution >= 0.6 is 0 Å². The van der Waals surface area contributed by atoms with Gasteiger partial charge in [0.05, 0.1) is 6.61 Å². The number of nitrogens with two attached hydrogens (primary N) is 1. The Morgan fingerprint density at radius 2 is 1.91 bits per heavy atom. The summed E-state index contributed by atoms with van der Waals surface area (Å²) < 4.78 is 5.07.